The van der Waals surface area contributed by atoms with Crippen LogP contribution in [0.5, 0.6) is 0 Å². The number of hydrogen-bond acceptors (Lipinski definition) is 4. The Balaban J connectivity index is 1.49. The monoisotopic (exact) mass is 261 g/mol. The second kappa shape index (κ2) is 5.72. The van der Waals surface area contributed by atoms with Gasteiger partial charge in [-0.05, 0) is 18.4 Å². The lowest BCUT2D eigenvalue weighted by molar-refractivity contribution is -0.149. The molecule has 0 N–H and O–H groups in total. The minimum absolute atomic E-state index is 0.136. The third kappa shape index (κ3) is 2.96. The SMILES string of the molecule is O=C(CN1C2CCC1COC2)OCc1ccccc1. The lowest BCUT2D eigenvalue weighted by atomic mass is 10.2. The van der Waals surface area contributed by atoms with Crippen LogP contribution in [0.15, 0.2) is 30.3 Å². The average molecular weight is 261 g/mol. The first-order valence-electron chi connectivity index (χ1n) is 6.86. The second-order valence-corrected chi connectivity index (χ2v) is 5.24. The van der Waals surface area contributed by atoms with Gasteiger partial charge in [-0.3, -0.25) is 9.69 Å². The maximum Gasteiger partial charge on any atom is 0.320 e. The molecule has 2 heterocycles. The van der Waals surface area contributed by atoms with E-state index in [2.05, 4.69) is 4.90 Å². The molecule has 0 amide bonds. The van der Waals surface area contributed by atoms with Crippen molar-refractivity contribution in [1.29, 1.82) is 0 Å². The van der Waals surface area contributed by atoms with Crippen LogP contribution < -0.4 is 0 Å². The maximum absolute atomic E-state index is 11.9. The molecule has 3 rings (SSSR count). The zero-order valence-electron chi connectivity index (χ0n) is 11.0. The van der Waals surface area contributed by atoms with Crippen molar-refractivity contribution in [2.75, 3.05) is 19.8 Å². The summed E-state index contributed by atoms with van der Waals surface area (Å²) < 4.78 is 10.8. The molecule has 102 valence electrons. The van der Waals surface area contributed by atoms with E-state index < -0.39 is 0 Å². The van der Waals surface area contributed by atoms with Crippen LogP contribution in [0.1, 0.15) is 18.4 Å². The lowest BCUT2D eigenvalue weighted by Gasteiger charge is -2.33. The Morgan fingerprint density at radius 2 is 1.89 bits per heavy atom. The van der Waals surface area contributed by atoms with Crippen molar-refractivity contribution >= 4 is 5.97 Å². The van der Waals surface area contributed by atoms with Crippen molar-refractivity contribution in [1.82, 2.24) is 4.90 Å². The van der Waals surface area contributed by atoms with Gasteiger partial charge < -0.3 is 9.47 Å². The molecule has 2 atom stereocenters. The number of rotatable bonds is 4. The summed E-state index contributed by atoms with van der Waals surface area (Å²) in [5, 5.41) is 0. The third-order valence-electron chi connectivity index (χ3n) is 3.95. The highest BCUT2D eigenvalue weighted by Gasteiger charge is 2.38. The molecule has 2 fully saturated rings. The molecule has 2 aliphatic heterocycles. The number of esters is 1. The van der Waals surface area contributed by atoms with Gasteiger partial charge >= 0.3 is 5.97 Å². The third-order valence-corrected chi connectivity index (χ3v) is 3.95. The molecule has 19 heavy (non-hydrogen) atoms. The van der Waals surface area contributed by atoms with Gasteiger partial charge in [0.1, 0.15) is 6.61 Å². The Kier molecular flexibility index (Phi) is 3.80. The maximum atomic E-state index is 11.9. The first-order chi connectivity index (χ1) is 9.33. The number of morpholine rings is 1. The summed E-state index contributed by atoms with van der Waals surface area (Å²) in [6, 6.07) is 10.6. The first kappa shape index (κ1) is 12.6. The summed E-state index contributed by atoms with van der Waals surface area (Å²) in [6.07, 6.45) is 2.27. The fraction of sp³-hybridized carbons (Fsp3) is 0.533. The standard InChI is InChI=1S/C15H19NO3/c17-15(19-9-12-4-2-1-3-5-12)8-16-13-6-7-14(16)11-18-10-13/h1-5,13-14H,6-11H2. The Labute approximate surface area is 113 Å². The van der Waals surface area contributed by atoms with E-state index in [1.807, 2.05) is 30.3 Å². The quantitative estimate of drug-likeness (QED) is 0.772. The van der Waals surface area contributed by atoms with E-state index in [4.69, 9.17) is 9.47 Å². The minimum Gasteiger partial charge on any atom is -0.460 e. The number of nitrogens with zero attached hydrogens (tertiary/aromatic N) is 1. The molecule has 1 aromatic carbocycles. The highest BCUT2D eigenvalue weighted by atomic mass is 16.5. The second-order valence-electron chi connectivity index (χ2n) is 5.24. The Morgan fingerprint density at radius 3 is 2.58 bits per heavy atom. The van der Waals surface area contributed by atoms with Gasteiger partial charge in [-0.15, -0.1) is 0 Å². The van der Waals surface area contributed by atoms with Gasteiger partial charge in [0.15, 0.2) is 0 Å². The van der Waals surface area contributed by atoms with Crippen LogP contribution in [0, 0.1) is 0 Å². The molecule has 0 saturated carbocycles. The Bertz CT molecular complexity index is 418. The van der Waals surface area contributed by atoms with Gasteiger partial charge in [0.05, 0.1) is 19.8 Å². The predicted molar refractivity (Wildman–Crippen MR) is 70.6 cm³/mol. The number of ether oxygens (including phenoxy) is 2. The van der Waals surface area contributed by atoms with Crippen LogP contribution in [0.4, 0.5) is 0 Å². The number of benzene rings is 1. The topological polar surface area (TPSA) is 38.8 Å². The number of carbonyl (C=O) groups is 1. The molecule has 2 saturated heterocycles. The highest BCUT2D eigenvalue weighted by molar-refractivity contribution is 5.71. The van der Waals surface area contributed by atoms with Crippen LogP contribution in [-0.2, 0) is 20.9 Å². The van der Waals surface area contributed by atoms with Crippen molar-refractivity contribution in [3.05, 3.63) is 35.9 Å². The summed E-state index contributed by atoms with van der Waals surface area (Å²) in [5.74, 6) is -0.136. The van der Waals surface area contributed by atoms with Crippen LogP contribution in [0.2, 0.25) is 0 Å². The van der Waals surface area contributed by atoms with Gasteiger partial charge in [0.25, 0.3) is 0 Å². The molecule has 2 aliphatic rings. The smallest absolute Gasteiger partial charge is 0.320 e. The van der Waals surface area contributed by atoms with Crippen LogP contribution in [0.25, 0.3) is 0 Å². The fourth-order valence-corrected chi connectivity index (χ4v) is 2.90. The van der Waals surface area contributed by atoms with E-state index in [-0.39, 0.29) is 5.97 Å². The molecule has 2 bridgehead atoms. The number of carbonyl (C=O) groups excluding carboxylic acids is 1. The van der Waals surface area contributed by atoms with E-state index in [1.54, 1.807) is 0 Å². The molecule has 2 unspecified atom stereocenters. The van der Waals surface area contributed by atoms with E-state index >= 15 is 0 Å². The number of fused-ring (bicyclic) bond motifs is 2. The minimum atomic E-state index is -0.136. The van der Waals surface area contributed by atoms with E-state index in [0.29, 0.717) is 25.2 Å². The van der Waals surface area contributed by atoms with Gasteiger partial charge in [0.2, 0.25) is 0 Å². The van der Waals surface area contributed by atoms with Gasteiger partial charge in [-0.2, -0.15) is 0 Å². The van der Waals surface area contributed by atoms with Gasteiger partial charge in [-0.25, -0.2) is 0 Å². The zero-order chi connectivity index (χ0) is 13.1. The predicted octanol–water partition coefficient (Wildman–Crippen LogP) is 1.59. The molecule has 4 heteroatoms. The van der Waals surface area contributed by atoms with Gasteiger partial charge in [0, 0.05) is 12.1 Å². The van der Waals surface area contributed by atoms with Crippen LogP contribution in [0.3, 0.4) is 0 Å². The van der Waals surface area contributed by atoms with Gasteiger partial charge in [-0.1, -0.05) is 30.3 Å². The lowest BCUT2D eigenvalue weighted by Crippen LogP contribution is -2.48. The molecule has 1 aromatic rings. The van der Waals surface area contributed by atoms with Crippen molar-refractivity contribution in [3.63, 3.8) is 0 Å². The normalized spacial score (nSPS) is 26.3. The fourth-order valence-electron chi connectivity index (χ4n) is 2.90. The molecular weight excluding hydrogens is 242 g/mol. The van der Waals surface area contributed by atoms with Crippen molar-refractivity contribution in [2.45, 2.75) is 31.5 Å². The Morgan fingerprint density at radius 1 is 1.21 bits per heavy atom. The average Bonchev–Trinajstić information content (AvgIpc) is 2.67. The van der Waals surface area contributed by atoms with E-state index in [0.717, 1.165) is 31.6 Å². The molecule has 0 spiro atoms. The van der Waals surface area contributed by atoms with E-state index in [9.17, 15) is 4.79 Å². The summed E-state index contributed by atoms with van der Waals surface area (Å²) in [5.41, 5.74) is 1.03. The van der Waals surface area contributed by atoms with Crippen molar-refractivity contribution in [3.8, 4) is 0 Å². The molecule has 0 aliphatic carbocycles. The summed E-state index contributed by atoms with van der Waals surface area (Å²) in [6.45, 7) is 2.26. The summed E-state index contributed by atoms with van der Waals surface area (Å²) >= 11 is 0. The van der Waals surface area contributed by atoms with Crippen molar-refractivity contribution < 1.29 is 14.3 Å². The number of hydrogen-bond donors (Lipinski definition) is 0. The summed E-state index contributed by atoms with van der Waals surface area (Å²) in [4.78, 5) is 14.1. The largest absolute Gasteiger partial charge is 0.460 e. The zero-order valence-corrected chi connectivity index (χ0v) is 11.0. The Hall–Kier alpha value is -1.39. The van der Waals surface area contributed by atoms with E-state index in [1.165, 1.54) is 0 Å². The van der Waals surface area contributed by atoms with Crippen molar-refractivity contribution in [2.24, 2.45) is 0 Å². The van der Waals surface area contributed by atoms with Crippen LogP contribution >= 0.6 is 0 Å². The molecule has 0 radical (unpaired) electrons. The first-order valence-corrected chi connectivity index (χ1v) is 6.86. The van der Waals surface area contributed by atoms with Crippen LogP contribution in [-0.4, -0.2) is 42.7 Å². The molecule has 0 aromatic heterocycles. The molecular formula is C15H19NO3. The highest BCUT2D eigenvalue weighted by Crippen LogP contribution is 2.28. The molecule has 4 nitrogen and oxygen atoms in total. The summed E-state index contributed by atoms with van der Waals surface area (Å²) in [7, 11) is 0.